The Morgan fingerprint density at radius 3 is 2.17 bits per heavy atom. The Labute approximate surface area is 172 Å². The van der Waals surface area contributed by atoms with Gasteiger partial charge in [-0.15, -0.1) is 0 Å². The Bertz CT molecular complexity index is 1120. The first-order valence-electron chi connectivity index (χ1n) is 9.07. The number of halogens is 1. The van der Waals surface area contributed by atoms with Crippen molar-refractivity contribution in [2.75, 3.05) is 5.32 Å². The molecule has 0 aromatic heterocycles. The van der Waals surface area contributed by atoms with Gasteiger partial charge in [0.05, 0.1) is 28.4 Å². The van der Waals surface area contributed by atoms with Crippen LogP contribution in [0.1, 0.15) is 42.2 Å². The first-order valence-corrected chi connectivity index (χ1v) is 9.45. The molecule has 5 nitrogen and oxygen atoms in total. The number of nitrogens with one attached hydrogen (secondary N) is 1. The van der Waals surface area contributed by atoms with Crippen LogP contribution in [-0.4, -0.2) is 22.6 Å². The normalized spacial score (nSPS) is 12.8. The van der Waals surface area contributed by atoms with E-state index in [0.717, 1.165) is 5.56 Å². The summed E-state index contributed by atoms with van der Waals surface area (Å²) >= 11 is 6.34. The standard InChI is InChI=1S/C23H17ClN2O3/c1-14-7-2-3-9-16(14)21(27)25-20-15(8-6-12-19(20)24)13-26-22(28)17-10-4-5-11-18(17)23(26)29/h2-12H,13H2,1H3,(H,25,27). The third-order valence-corrected chi connectivity index (χ3v) is 5.25. The minimum Gasteiger partial charge on any atom is -0.320 e. The molecule has 0 unspecified atom stereocenters. The quantitative estimate of drug-likeness (QED) is 0.641. The molecule has 144 valence electrons. The van der Waals surface area contributed by atoms with Gasteiger partial charge in [0, 0.05) is 5.56 Å². The summed E-state index contributed by atoms with van der Waals surface area (Å²) in [5.41, 5.74) is 3.08. The van der Waals surface area contributed by atoms with Crippen LogP contribution in [0, 0.1) is 6.92 Å². The number of carbonyl (C=O) groups excluding carboxylic acids is 3. The average molecular weight is 405 g/mol. The van der Waals surface area contributed by atoms with Crippen LogP contribution in [0.15, 0.2) is 66.7 Å². The number of fused-ring (bicyclic) bond motifs is 1. The number of nitrogens with zero attached hydrogens (tertiary/aromatic N) is 1. The first kappa shape index (κ1) is 18.9. The van der Waals surface area contributed by atoms with Crippen LogP contribution in [0.5, 0.6) is 0 Å². The maximum Gasteiger partial charge on any atom is 0.261 e. The highest BCUT2D eigenvalue weighted by molar-refractivity contribution is 6.34. The molecule has 0 radical (unpaired) electrons. The van der Waals surface area contributed by atoms with Crippen molar-refractivity contribution in [1.82, 2.24) is 4.90 Å². The van der Waals surface area contributed by atoms with Gasteiger partial charge in [-0.2, -0.15) is 0 Å². The smallest absolute Gasteiger partial charge is 0.261 e. The van der Waals surface area contributed by atoms with E-state index in [1.165, 1.54) is 4.90 Å². The summed E-state index contributed by atoms with van der Waals surface area (Å²) < 4.78 is 0. The summed E-state index contributed by atoms with van der Waals surface area (Å²) in [7, 11) is 0. The van der Waals surface area contributed by atoms with E-state index in [-0.39, 0.29) is 24.3 Å². The minimum atomic E-state index is -0.359. The van der Waals surface area contributed by atoms with Crippen molar-refractivity contribution in [3.05, 3.63) is 99.6 Å². The van der Waals surface area contributed by atoms with Gasteiger partial charge in [-0.3, -0.25) is 19.3 Å². The zero-order chi connectivity index (χ0) is 20.5. The lowest BCUT2D eigenvalue weighted by Crippen LogP contribution is -2.29. The van der Waals surface area contributed by atoms with E-state index >= 15 is 0 Å². The minimum absolute atomic E-state index is 0.0102. The van der Waals surface area contributed by atoms with Crippen molar-refractivity contribution in [1.29, 1.82) is 0 Å². The maximum atomic E-state index is 12.8. The SMILES string of the molecule is Cc1ccccc1C(=O)Nc1c(Cl)cccc1CN1C(=O)c2ccccc2C1=O. The van der Waals surface area contributed by atoms with Gasteiger partial charge >= 0.3 is 0 Å². The van der Waals surface area contributed by atoms with Crippen LogP contribution in [0.4, 0.5) is 5.69 Å². The number of hydrogen-bond donors (Lipinski definition) is 1. The van der Waals surface area contributed by atoms with Crippen molar-refractivity contribution in [3.8, 4) is 0 Å². The molecule has 1 aliphatic rings. The Morgan fingerprint density at radius 1 is 0.897 bits per heavy atom. The van der Waals surface area contributed by atoms with E-state index in [0.29, 0.717) is 33.0 Å². The van der Waals surface area contributed by atoms with Gasteiger partial charge in [-0.05, 0) is 42.3 Å². The highest BCUT2D eigenvalue weighted by Crippen LogP contribution is 2.31. The second kappa shape index (κ2) is 7.53. The van der Waals surface area contributed by atoms with Crippen molar-refractivity contribution < 1.29 is 14.4 Å². The summed E-state index contributed by atoms with van der Waals surface area (Å²) in [6.45, 7) is 1.86. The van der Waals surface area contributed by atoms with Crippen molar-refractivity contribution in [3.63, 3.8) is 0 Å². The Hall–Kier alpha value is -3.44. The number of rotatable bonds is 4. The molecule has 1 N–H and O–H groups in total. The molecular weight excluding hydrogens is 388 g/mol. The second-order valence-corrected chi connectivity index (χ2v) is 7.19. The highest BCUT2D eigenvalue weighted by atomic mass is 35.5. The fraction of sp³-hybridized carbons (Fsp3) is 0.0870. The summed E-state index contributed by atoms with van der Waals surface area (Å²) in [6, 6.07) is 19.0. The topological polar surface area (TPSA) is 66.5 Å². The van der Waals surface area contributed by atoms with E-state index in [9.17, 15) is 14.4 Å². The molecule has 0 saturated heterocycles. The molecule has 1 aliphatic heterocycles. The molecule has 6 heteroatoms. The molecule has 3 aromatic carbocycles. The van der Waals surface area contributed by atoms with Crippen LogP contribution in [-0.2, 0) is 6.54 Å². The van der Waals surface area contributed by atoms with E-state index in [1.807, 2.05) is 19.1 Å². The number of hydrogen-bond acceptors (Lipinski definition) is 3. The highest BCUT2D eigenvalue weighted by Gasteiger charge is 2.35. The van der Waals surface area contributed by atoms with E-state index < -0.39 is 0 Å². The van der Waals surface area contributed by atoms with Crippen LogP contribution in [0.25, 0.3) is 0 Å². The fourth-order valence-corrected chi connectivity index (χ4v) is 3.64. The predicted octanol–water partition coefficient (Wildman–Crippen LogP) is 4.70. The molecule has 29 heavy (non-hydrogen) atoms. The Kier molecular flexibility index (Phi) is 4.91. The average Bonchev–Trinajstić information content (AvgIpc) is 2.96. The zero-order valence-corrected chi connectivity index (χ0v) is 16.4. The summed E-state index contributed by atoms with van der Waals surface area (Å²) in [6.07, 6.45) is 0. The number of benzene rings is 3. The van der Waals surface area contributed by atoms with Gasteiger partial charge in [0.15, 0.2) is 0 Å². The van der Waals surface area contributed by atoms with Crippen LogP contribution in [0.3, 0.4) is 0 Å². The van der Waals surface area contributed by atoms with Crippen molar-refractivity contribution in [2.24, 2.45) is 0 Å². The van der Waals surface area contributed by atoms with Crippen LogP contribution in [0.2, 0.25) is 5.02 Å². The van der Waals surface area contributed by atoms with E-state index in [1.54, 1.807) is 54.6 Å². The maximum absolute atomic E-state index is 12.8. The molecule has 0 spiro atoms. The van der Waals surface area contributed by atoms with Gasteiger partial charge in [0.2, 0.25) is 0 Å². The monoisotopic (exact) mass is 404 g/mol. The predicted molar refractivity (Wildman–Crippen MR) is 111 cm³/mol. The molecule has 0 aliphatic carbocycles. The third kappa shape index (κ3) is 3.41. The van der Waals surface area contributed by atoms with Crippen LogP contribution < -0.4 is 5.32 Å². The van der Waals surface area contributed by atoms with Gasteiger partial charge < -0.3 is 5.32 Å². The molecule has 3 aromatic rings. The van der Waals surface area contributed by atoms with Gasteiger partial charge in [-0.1, -0.05) is 54.1 Å². The molecule has 1 heterocycles. The zero-order valence-electron chi connectivity index (χ0n) is 15.6. The number of para-hydroxylation sites is 1. The molecule has 3 amide bonds. The van der Waals surface area contributed by atoms with Crippen molar-refractivity contribution >= 4 is 35.0 Å². The molecule has 0 atom stereocenters. The van der Waals surface area contributed by atoms with Gasteiger partial charge in [0.25, 0.3) is 17.7 Å². The lowest BCUT2D eigenvalue weighted by molar-refractivity contribution is 0.0642. The van der Waals surface area contributed by atoms with Gasteiger partial charge in [-0.25, -0.2) is 0 Å². The molecule has 0 bridgehead atoms. The summed E-state index contributed by atoms with van der Waals surface area (Å²) in [4.78, 5) is 39.3. The lowest BCUT2D eigenvalue weighted by Gasteiger charge is -2.18. The van der Waals surface area contributed by atoms with Crippen LogP contribution >= 0.6 is 11.6 Å². The number of imide groups is 1. The molecule has 0 saturated carbocycles. The third-order valence-electron chi connectivity index (χ3n) is 4.93. The molecule has 4 rings (SSSR count). The first-order chi connectivity index (χ1) is 14.0. The van der Waals surface area contributed by atoms with E-state index in [4.69, 9.17) is 11.6 Å². The summed E-state index contributed by atoms with van der Waals surface area (Å²) in [5, 5.41) is 3.17. The number of amides is 3. The Balaban J connectivity index is 1.64. The number of anilines is 1. The van der Waals surface area contributed by atoms with Gasteiger partial charge in [0.1, 0.15) is 0 Å². The fourth-order valence-electron chi connectivity index (χ4n) is 3.40. The Morgan fingerprint density at radius 2 is 1.52 bits per heavy atom. The number of carbonyl (C=O) groups is 3. The molecular formula is C23H17ClN2O3. The molecule has 0 fully saturated rings. The van der Waals surface area contributed by atoms with E-state index in [2.05, 4.69) is 5.32 Å². The lowest BCUT2D eigenvalue weighted by atomic mass is 10.1. The number of aryl methyl sites for hydroxylation is 1. The largest absolute Gasteiger partial charge is 0.320 e. The van der Waals surface area contributed by atoms with Crippen molar-refractivity contribution in [2.45, 2.75) is 13.5 Å². The summed E-state index contributed by atoms with van der Waals surface area (Å²) in [5.74, 6) is -1.02. The second-order valence-electron chi connectivity index (χ2n) is 6.79.